The van der Waals surface area contributed by atoms with E-state index < -0.39 is 6.36 Å². The molecule has 3 unspecified atom stereocenters. The average Bonchev–Trinajstić information content (AvgIpc) is 2.87. The first-order valence-electron chi connectivity index (χ1n) is 13.5. The van der Waals surface area contributed by atoms with Gasteiger partial charge >= 0.3 is 6.36 Å². The number of aromatic nitrogens is 2. The van der Waals surface area contributed by atoms with Crippen molar-refractivity contribution >= 4 is 11.8 Å². The number of allylic oxidation sites excluding steroid dienone is 2. The lowest BCUT2D eigenvalue weighted by Gasteiger charge is -2.60. The summed E-state index contributed by atoms with van der Waals surface area (Å²) < 4.78 is 42.4. The fraction of sp³-hybridized carbons (Fsp3) is 0.552. The maximum Gasteiger partial charge on any atom is 0.573 e. The van der Waals surface area contributed by atoms with Crippen molar-refractivity contribution in [1.82, 2.24) is 9.97 Å². The van der Waals surface area contributed by atoms with Gasteiger partial charge in [0, 0.05) is 18.7 Å². The largest absolute Gasteiger partial charge is 0.573 e. The number of alkyl halides is 3. The van der Waals surface area contributed by atoms with Crippen LogP contribution in [0.1, 0.15) is 63.0 Å². The molecular weight excluding hydrogens is 491 g/mol. The van der Waals surface area contributed by atoms with Crippen molar-refractivity contribution in [3.05, 3.63) is 53.7 Å². The number of nitrogens with zero attached hydrogens (tertiary/aromatic N) is 3. The van der Waals surface area contributed by atoms with Gasteiger partial charge < -0.3 is 15.4 Å². The molecule has 0 radical (unpaired) electrons. The van der Waals surface area contributed by atoms with Gasteiger partial charge in [-0.3, -0.25) is 0 Å². The van der Waals surface area contributed by atoms with Crippen LogP contribution in [0.25, 0.3) is 0 Å². The highest BCUT2D eigenvalue weighted by Gasteiger charge is 2.54. The summed E-state index contributed by atoms with van der Waals surface area (Å²) in [7, 11) is 0. The van der Waals surface area contributed by atoms with E-state index in [-0.39, 0.29) is 23.7 Å². The highest BCUT2D eigenvalue weighted by molar-refractivity contribution is 5.53. The van der Waals surface area contributed by atoms with Crippen LogP contribution in [0.15, 0.2) is 42.6 Å². The summed E-state index contributed by atoms with van der Waals surface area (Å²) in [4.78, 5) is 8.71. The lowest BCUT2D eigenvalue weighted by Crippen LogP contribution is -2.53. The Bertz CT molecular complexity index is 1190. The van der Waals surface area contributed by atoms with E-state index in [0.717, 1.165) is 36.6 Å². The molecule has 6 rings (SSSR count). The van der Waals surface area contributed by atoms with Crippen LogP contribution in [0, 0.1) is 40.4 Å². The number of rotatable bonds is 10. The number of halogens is 3. The van der Waals surface area contributed by atoms with E-state index >= 15 is 0 Å². The van der Waals surface area contributed by atoms with E-state index in [1.165, 1.54) is 56.9 Å². The molecule has 9 heteroatoms. The minimum atomic E-state index is -4.78. The summed E-state index contributed by atoms with van der Waals surface area (Å²) in [5.41, 5.74) is 0.897. The molecule has 4 aliphatic rings. The Labute approximate surface area is 221 Å². The molecule has 1 aromatic heterocycles. The van der Waals surface area contributed by atoms with E-state index in [2.05, 4.69) is 50.5 Å². The summed E-state index contributed by atoms with van der Waals surface area (Å²) in [6, 6.07) is 8.11. The van der Waals surface area contributed by atoms with Gasteiger partial charge in [-0.2, -0.15) is 10.2 Å². The van der Waals surface area contributed by atoms with Crippen molar-refractivity contribution in [2.24, 2.45) is 29.1 Å². The number of nitrogens with one attached hydrogen (secondary N) is 2. The number of benzene rings is 1. The van der Waals surface area contributed by atoms with E-state index in [4.69, 9.17) is 0 Å². The van der Waals surface area contributed by atoms with Crippen molar-refractivity contribution in [2.45, 2.75) is 64.8 Å². The molecule has 0 aliphatic heterocycles. The maximum absolute atomic E-state index is 12.8. The number of anilines is 2. The van der Waals surface area contributed by atoms with Crippen LogP contribution in [0.4, 0.5) is 24.9 Å². The first-order chi connectivity index (χ1) is 18.3. The summed E-state index contributed by atoms with van der Waals surface area (Å²) in [6.45, 7) is 2.99. The molecule has 5 atom stereocenters. The van der Waals surface area contributed by atoms with Crippen LogP contribution >= 0.6 is 0 Å². The first-order valence-corrected chi connectivity index (χ1v) is 13.5. The Morgan fingerprint density at radius 3 is 2.61 bits per heavy atom. The Morgan fingerprint density at radius 2 is 1.89 bits per heavy atom. The lowest BCUT2D eigenvalue weighted by molar-refractivity contribution is -0.274. The fourth-order valence-electron chi connectivity index (χ4n) is 7.32. The number of nitriles is 1. The molecule has 2 N–H and O–H groups in total. The zero-order valence-electron chi connectivity index (χ0n) is 21.6. The highest BCUT2D eigenvalue weighted by atomic mass is 19.4. The quantitative estimate of drug-likeness (QED) is 0.323. The van der Waals surface area contributed by atoms with Gasteiger partial charge in [0.1, 0.15) is 23.2 Å². The number of hydrogen-bond acceptors (Lipinski definition) is 6. The number of ether oxygens (including phenoxy) is 1. The maximum atomic E-state index is 12.8. The van der Waals surface area contributed by atoms with E-state index in [9.17, 15) is 18.4 Å². The van der Waals surface area contributed by atoms with Crippen molar-refractivity contribution in [1.29, 1.82) is 5.26 Å². The molecular formula is C29H34F3N5O. The molecule has 1 aromatic carbocycles. The van der Waals surface area contributed by atoms with Gasteiger partial charge in [0.2, 0.25) is 5.95 Å². The Balaban J connectivity index is 1.25. The summed E-state index contributed by atoms with van der Waals surface area (Å²) in [5.74, 6) is 3.53. The Morgan fingerprint density at radius 1 is 1.13 bits per heavy atom. The third-order valence-electron chi connectivity index (χ3n) is 8.58. The molecule has 4 bridgehead atoms. The predicted octanol–water partition coefficient (Wildman–Crippen LogP) is 7.07. The molecule has 4 aliphatic carbocycles. The van der Waals surface area contributed by atoms with E-state index in [0.29, 0.717) is 16.9 Å². The molecule has 0 saturated heterocycles. The third kappa shape index (κ3) is 5.90. The minimum Gasteiger partial charge on any atom is -0.405 e. The number of hydrogen-bond donors (Lipinski definition) is 2. The summed E-state index contributed by atoms with van der Waals surface area (Å²) in [5, 5.41) is 16.1. The van der Waals surface area contributed by atoms with Gasteiger partial charge in [0.25, 0.3) is 0 Å². The van der Waals surface area contributed by atoms with Crippen LogP contribution in [0.2, 0.25) is 0 Å². The van der Waals surface area contributed by atoms with Crippen molar-refractivity contribution in [3.8, 4) is 11.8 Å². The predicted molar refractivity (Wildman–Crippen MR) is 139 cm³/mol. The second kappa shape index (κ2) is 10.8. The SMILES string of the molecule is CC/C=C/CC1[C@@H]2CC3C[C@H]1CC(CNc1nc(NCc4ccccc4OC(F)(F)F)ncc1C#N)(C3)C2. The smallest absolute Gasteiger partial charge is 0.405 e. The van der Waals surface area contributed by atoms with Crippen LogP contribution in [0.3, 0.4) is 0 Å². The Kier molecular flexibility index (Phi) is 7.51. The number of para-hydroxylation sites is 1. The molecule has 202 valence electrons. The first kappa shape index (κ1) is 26.3. The Hall–Kier alpha value is -3.28. The molecule has 4 saturated carbocycles. The van der Waals surface area contributed by atoms with Crippen LogP contribution in [-0.4, -0.2) is 22.9 Å². The molecule has 2 aromatic rings. The van der Waals surface area contributed by atoms with Crippen molar-refractivity contribution in [2.75, 3.05) is 17.2 Å². The van der Waals surface area contributed by atoms with Crippen molar-refractivity contribution < 1.29 is 17.9 Å². The summed E-state index contributed by atoms with van der Waals surface area (Å²) >= 11 is 0. The monoisotopic (exact) mass is 525 g/mol. The lowest BCUT2D eigenvalue weighted by atomic mass is 9.45. The molecule has 1 heterocycles. The highest BCUT2D eigenvalue weighted by Crippen LogP contribution is 2.62. The van der Waals surface area contributed by atoms with Crippen LogP contribution in [0.5, 0.6) is 5.75 Å². The topological polar surface area (TPSA) is 82.9 Å². The van der Waals surface area contributed by atoms with Crippen LogP contribution in [-0.2, 0) is 6.54 Å². The molecule has 0 amide bonds. The second-order valence-corrected chi connectivity index (χ2v) is 11.2. The van der Waals surface area contributed by atoms with E-state index in [1.807, 2.05) is 0 Å². The van der Waals surface area contributed by atoms with Gasteiger partial charge in [0.05, 0.1) is 6.20 Å². The zero-order chi connectivity index (χ0) is 26.8. The standard InChI is InChI=1S/C29H34F3N5O/c1-2-3-4-8-24-21-10-19-11-22(24)14-28(12-19,13-21)18-36-26-23(15-33)17-35-27(37-26)34-16-20-7-5-6-9-25(20)38-29(30,31)32/h3-7,9,17,19,21-22,24H,2,8,10-14,16,18H2,1H3,(H2,34,35,36,37)/b4-3+/t19?,21-,22+,24?,28?. The molecule has 38 heavy (non-hydrogen) atoms. The van der Waals surface area contributed by atoms with Gasteiger partial charge in [-0.15, -0.1) is 13.2 Å². The van der Waals surface area contributed by atoms with Crippen LogP contribution < -0.4 is 15.4 Å². The van der Waals surface area contributed by atoms with Gasteiger partial charge in [-0.1, -0.05) is 37.3 Å². The minimum absolute atomic E-state index is 0.0421. The summed E-state index contributed by atoms with van der Waals surface area (Å²) in [6.07, 6.45) is 9.94. The van der Waals surface area contributed by atoms with Crippen molar-refractivity contribution in [3.63, 3.8) is 0 Å². The van der Waals surface area contributed by atoms with Gasteiger partial charge in [0.15, 0.2) is 0 Å². The zero-order valence-corrected chi connectivity index (χ0v) is 21.6. The molecule has 6 nitrogen and oxygen atoms in total. The fourth-order valence-corrected chi connectivity index (χ4v) is 7.32. The normalized spacial score (nSPS) is 27.9. The van der Waals surface area contributed by atoms with E-state index in [1.54, 1.807) is 12.1 Å². The van der Waals surface area contributed by atoms with Gasteiger partial charge in [-0.25, -0.2) is 4.98 Å². The molecule has 4 fully saturated rings. The van der Waals surface area contributed by atoms with Gasteiger partial charge in [-0.05, 0) is 80.1 Å². The average molecular weight is 526 g/mol. The molecule has 0 spiro atoms. The third-order valence-corrected chi connectivity index (χ3v) is 8.58. The second-order valence-electron chi connectivity index (χ2n) is 11.2.